The van der Waals surface area contributed by atoms with E-state index in [9.17, 15) is 32.9 Å². The standard InChI is InChI=1S/C10H17FN3O13P3/c1-4-2-14(10(16)13-8(4)12)9-6(11)7(15)5(25-9)3-24-29(20,21)27-30(22,23)26-28(17,18)19/h2,5-7,9,15H,3H2,1H3,(H,20,21)(H,22,23)(H2,12,13,16)(H2,17,18,19)/t5-,6-,7-,9-/m1/s1. The summed E-state index contributed by atoms with van der Waals surface area (Å²) in [6.07, 6.45) is -6.47. The second-order valence-electron chi connectivity index (χ2n) is 5.89. The Morgan fingerprint density at radius 2 is 1.83 bits per heavy atom. The Balaban J connectivity index is 2.09. The lowest BCUT2D eigenvalue weighted by molar-refractivity contribution is -0.0482. The molecule has 1 aliphatic heterocycles. The van der Waals surface area contributed by atoms with Gasteiger partial charge in [0.05, 0.1) is 6.61 Å². The monoisotopic (exact) mass is 499 g/mol. The molecule has 2 rings (SSSR count). The van der Waals surface area contributed by atoms with Crippen molar-refractivity contribution in [3.05, 3.63) is 22.2 Å². The lowest BCUT2D eigenvalue weighted by atomic mass is 10.1. The first kappa shape index (κ1) is 25.2. The normalized spacial score (nSPS) is 28.8. The summed E-state index contributed by atoms with van der Waals surface area (Å²) in [5.41, 5.74) is 4.74. The molecule has 2 unspecified atom stereocenters. The molecule has 0 radical (unpaired) electrons. The molecule has 1 saturated heterocycles. The van der Waals surface area contributed by atoms with E-state index in [1.807, 2.05) is 0 Å². The molecular formula is C10H17FN3O13P3. The summed E-state index contributed by atoms with van der Waals surface area (Å²) >= 11 is 0. The van der Waals surface area contributed by atoms with Crippen LogP contribution in [0.4, 0.5) is 10.2 Å². The largest absolute Gasteiger partial charge is 0.490 e. The topological polar surface area (TPSA) is 250 Å². The number of nitrogens with zero attached hydrogens (tertiary/aromatic N) is 2. The average molecular weight is 499 g/mol. The van der Waals surface area contributed by atoms with Crippen molar-refractivity contribution in [3.8, 4) is 0 Å². The molecule has 7 N–H and O–H groups in total. The van der Waals surface area contributed by atoms with Crippen LogP contribution in [0, 0.1) is 6.92 Å². The van der Waals surface area contributed by atoms with Crippen molar-refractivity contribution in [2.75, 3.05) is 12.3 Å². The number of hydrogen-bond acceptors (Lipinski definition) is 11. The fourth-order valence-corrected chi connectivity index (χ4v) is 5.33. The Bertz CT molecular complexity index is 997. The highest BCUT2D eigenvalue weighted by molar-refractivity contribution is 7.66. The number of nitrogens with two attached hydrogens (primary N) is 1. The van der Waals surface area contributed by atoms with Crippen LogP contribution in [0.25, 0.3) is 0 Å². The zero-order chi connectivity index (χ0) is 23.1. The Morgan fingerprint density at radius 3 is 2.40 bits per heavy atom. The molecule has 1 fully saturated rings. The van der Waals surface area contributed by atoms with Gasteiger partial charge in [-0.3, -0.25) is 9.09 Å². The van der Waals surface area contributed by atoms with Crippen LogP contribution >= 0.6 is 23.5 Å². The predicted molar refractivity (Wildman–Crippen MR) is 92.3 cm³/mol. The molecule has 2 heterocycles. The SMILES string of the molecule is Cc1cn([C@@H]2O[C@H](COP(=O)(O)OP(=O)(O)OP(=O)(O)O)[C@@H](O)[C@H]2F)c(=O)nc1N. The summed E-state index contributed by atoms with van der Waals surface area (Å²) in [4.78, 5) is 50.7. The molecule has 20 heteroatoms. The van der Waals surface area contributed by atoms with Crippen LogP contribution < -0.4 is 11.4 Å². The van der Waals surface area contributed by atoms with Crippen LogP contribution in [0.3, 0.4) is 0 Å². The molecule has 6 atom stereocenters. The second-order valence-corrected chi connectivity index (χ2v) is 10.3. The van der Waals surface area contributed by atoms with Gasteiger partial charge in [0.1, 0.15) is 18.0 Å². The molecule has 1 aromatic heterocycles. The van der Waals surface area contributed by atoms with Crippen LogP contribution in [-0.4, -0.2) is 59.2 Å². The number of phosphoric ester groups is 1. The van der Waals surface area contributed by atoms with Gasteiger partial charge in [-0.2, -0.15) is 13.6 Å². The highest BCUT2D eigenvalue weighted by Gasteiger charge is 2.47. The highest BCUT2D eigenvalue weighted by atomic mass is 31.3. The Morgan fingerprint density at radius 1 is 1.23 bits per heavy atom. The van der Waals surface area contributed by atoms with E-state index >= 15 is 0 Å². The van der Waals surface area contributed by atoms with E-state index < -0.39 is 60.4 Å². The molecule has 172 valence electrons. The highest BCUT2D eigenvalue weighted by Crippen LogP contribution is 2.66. The number of rotatable bonds is 8. The third-order valence-electron chi connectivity index (χ3n) is 3.56. The summed E-state index contributed by atoms with van der Waals surface area (Å²) in [6, 6.07) is 0. The van der Waals surface area contributed by atoms with E-state index in [4.69, 9.17) is 25.2 Å². The molecule has 0 saturated carbocycles. The number of ether oxygens (including phenoxy) is 1. The maximum absolute atomic E-state index is 14.4. The first-order chi connectivity index (χ1) is 13.5. The lowest BCUT2D eigenvalue weighted by Crippen LogP contribution is -2.34. The van der Waals surface area contributed by atoms with Gasteiger partial charge in [0, 0.05) is 11.8 Å². The van der Waals surface area contributed by atoms with E-state index in [1.54, 1.807) is 0 Å². The van der Waals surface area contributed by atoms with Gasteiger partial charge in [-0.15, -0.1) is 0 Å². The molecule has 0 aliphatic carbocycles. The van der Waals surface area contributed by atoms with Crippen LogP contribution in [0.15, 0.2) is 11.0 Å². The third kappa shape index (κ3) is 6.47. The summed E-state index contributed by atoms with van der Waals surface area (Å²) in [5, 5.41) is 9.90. The van der Waals surface area contributed by atoms with Gasteiger partial charge in [-0.05, 0) is 6.92 Å². The minimum Gasteiger partial charge on any atom is -0.387 e. The van der Waals surface area contributed by atoms with E-state index in [0.29, 0.717) is 4.57 Å². The smallest absolute Gasteiger partial charge is 0.387 e. The summed E-state index contributed by atoms with van der Waals surface area (Å²) < 4.78 is 65.0. The molecule has 1 aliphatic rings. The van der Waals surface area contributed by atoms with E-state index in [2.05, 4.69) is 18.1 Å². The molecule has 0 aromatic carbocycles. The molecule has 0 spiro atoms. The van der Waals surface area contributed by atoms with Gasteiger partial charge >= 0.3 is 29.2 Å². The van der Waals surface area contributed by atoms with Gasteiger partial charge in [0.15, 0.2) is 12.4 Å². The summed E-state index contributed by atoms with van der Waals surface area (Å²) in [6.45, 7) is 0.363. The van der Waals surface area contributed by atoms with Crippen molar-refractivity contribution >= 4 is 29.3 Å². The Labute approximate surface area is 166 Å². The van der Waals surface area contributed by atoms with Gasteiger partial charge in [-0.1, -0.05) is 0 Å². The quantitative estimate of drug-likeness (QED) is 0.236. The third-order valence-corrected chi connectivity index (χ3v) is 7.36. The first-order valence-corrected chi connectivity index (χ1v) is 12.1. The van der Waals surface area contributed by atoms with Crippen molar-refractivity contribution < 1.29 is 60.6 Å². The number of aromatic nitrogens is 2. The number of aliphatic hydroxyl groups excluding tert-OH is 1. The number of anilines is 1. The molecule has 16 nitrogen and oxygen atoms in total. The van der Waals surface area contributed by atoms with E-state index in [0.717, 1.165) is 6.20 Å². The van der Waals surface area contributed by atoms with Gasteiger partial charge in [0.25, 0.3) is 0 Å². The van der Waals surface area contributed by atoms with Crippen molar-refractivity contribution in [1.82, 2.24) is 9.55 Å². The van der Waals surface area contributed by atoms with Crippen molar-refractivity contribution in [2.45, 2.75) is 31.5 Å². The second kappa shape index (κ2) is 8.82. The van der Waals surface area contributed by atoms with Crippen molar-refractivity contribution in [1.29, 1.82) is 0 Å². The minimum atomic E-state index is -5.75. The molecule has 1 aromatic rings. The number of phosphoric acid groups is 3. The van der Waals surface area contributed by atoms with Crippen molar-refractivity contribution in [3.63, 3.8) is 0 Å². The zero-order valence-electron chi connectivity index (χ0n) is 14.8. The Hall–Kier alpha value is -1.06. The number of alkyl halides is 1. The zero-order valence-corrected chi connectivity index (χ0v) is 17.5. The fourth-order valence-electron chi connectivity index (χ4n) is 2.30. The van der Waals surface area contributed by atoms with Crippen molar-refractivity contribution in [2.24, 2.45) is 0 Å². The van der Waals surface area contributed by atoms with Crippen LogP contribution in [0.5, 0.6) is 0 Å². The van der Waals surface area contributed by atoms with Crippen LogP contribution in [0.2, 0.25) is 0 Å². The molecule has 0 amide bonds. The predicted octanol–water partition coefficient (Wildman–Crippen LogP) is -0.926. The van der Waals surface area contributed by atoms with Crippen LogP contribution in [-0.2, 0) is 31.6 Å². The van der Waals surface area contributed by atoms with Gasteiger partial charge < -0.3 is 35.2 Å². The number of nitrogen functional groups attached to an aromatic ring is 1. The maximum atomic E-state index is 14.4. The number of aliphatic hydroxyl groups is 1. The summed E-state index contributed by atoms with van der Waals surface area (Å²) in [7, 11) is -16.8. The first-order valence-electron chi connectivity index (χ1n) is 7.62. The van der Waals surface area contributed by atoms with E-state index in [-0.39, 0.29) is 11.4 Å². The van der Waals surface area contributed by atoms with Gasteiger partial charge in [-0.25, -0.2) is 22.9 Å². The number of hydrogen-bond donors (Lipinski definition) is 6. The minimum absolute atomic E-state index is 0.116. The van der Waals surface area contributed by atoms with Gasteiger partial charge in [0.2, 0.25) is 0 Å². The number of halogens is 1. The molecule has 30 heavy (non-hydrogen) atoms. The summed E-state index contributed by atoms with van der Waals surface area (Å²) in [5.74, 6) is -0.116. The number of aryl methyl sites for hydroxylation is 1. The maximum Gasteiger partial charge on any atom is 0.490 e. The average Bonchev–Trinajstić information content (AvgIpc) is 2.81. The lowest BCUT2D eigenvalue weighted by Gasteiger charge is -2.19. The fraction of sp³-hybridized carbons (Fsp3) is 0.600. The van der Waals surface area contributed by atoms with E-state index in [1.165, 1.54) is 6.92 Å². The van der Waals surface area contributed by atoms with Crippen LogP contribution in [0.1, 0.15) is 11.8 Å². The Kier molecular flexibility index (Phi) is 7.41. The molecule has 0 bridgehead atoms. The molecular weight excluding hydrogens is 482 g/mol.